The molecular formula is C17H13FN4OS. The molecule has 120 valence electrons. The molecule has 0 radical (unpaired) electrons. The molecule has 2 aromatic carbocycles. The molecule has 1 amide bonds. The molecule has 24 heavy (non-hydrogen) atoms. The van der Waals surface area contributed by atoms with Crippen molar-refractivity contribution < 1.29 is 9.18 Å². The minimum Gasteiger partial charge on any atom is -0.331 e. The minimum absolute atomic E-state index is 0.190. The van der Waals surface area contributed by atoms with Crippen molar-refractivity contribution in [3.05, 3.63) is 66.0 Å². The van der Waals surface area contributed by atoms with Crippen LogP contribution in [-0.2, 0) is 4.79 Å². The molecule has 0 aromatic heterocycles. The van der Waals surface area contributed by atoms with Gasteiger partial charge in [0.25, 0.3) is 5.91 Å². The van der Waals surface area contributed by atoms with Crippen molar-refractivity contribution >= 4 is 46.4 Å². The van der Waals surface area contributed by atoms with Gasteiger partial charge in [-0.05, 0) is 54.2 Å². The minimum atomic E-state index is -0.336. The summed E-state index contributed by atoms with van der Waals surface area (Å²) in [6.07, 6.45) is 1.69. The second-order valence-corrected chi connectivity index (χ2v) is 5.40. The molecule has 0 bridgehead atoms. The average Bonchev–Trinajstić information content (AvgIpc) is 2.89. The van der Waals surface area contributed by atoms with Crippen LogP contribution in [0.15, 0.2) is 54.1 Å². The molecule has 5 nitrogen and oxygen atoms in total. The molecule has 0 saturated heterocycles. The Morgan fingerprint density at radius 1 is 1.25 bits per heavy atom. The molecule has 0 aliphatic carbocycles. The summed E-state index contributed by atoms with van der Waals surface area (Å²) in [5.41, 5.74) is 5.71. The van der Waals surface area contributed by atoms with E-state index in [4.69, 9.17) is 12.2 Å². The SMILES string of the molecule is C=Cc1ccc2c(c1)/C(=N/NC(=S)Nc1ccc(F)cc1)C(=O)N2. The maximum absolute atomic E-state index is 12.9. The van der Waals surface area contributed by atoms with E-state index in [0.29, 0.717) is 16.9 Å². The zero-order valence-electron chi connectivity index (χ0n) is 12.5. The summed E-state index contributed by atoms with van der Waals surface area (Å²) in [7, 11) is 0. The van der Waals surface area contributed by atoms with Crippen molar-refractivity contribution in [3.63, 3.8) is 0 Å². The third-order valence-corrected chi connectivity index (χ3v) is 3.56. The molecule has 0 saturated carbocycles. The molecule has 2 aromatic rings. The number of nitrogens with one attached hydrogen (secondary N) is 3. The monoisotopic (exact) mass is 340 g/mol. The van der Waals surface area contributed by atoms with Crippen LogP contribution < -0.4 is 16.1 Å². The van der Waals surface area contributed by atoms with Gasteiger partial charge in [-0.2, -0.15) is 5.10 Å². The van der Waals surface area contributed by atoms with Gasteiger partial charge in [-0.3, -0.25) is 10.2 Å². The number of anilines is 2. The van der Waals surface area contributed by atoms with Crippen LogP contribution in [0.25, 0.3) is 6.08 Å². The standard InChI is InChI=1S/C17H13FN4OS/c1-2-10-3-8-14-13(9-10)15(16(23)20-14)21-22-17(24)19-12-6-4-11(18)5-7-12/h2-9H,1H2,(H2,19,22,24)(H,20,21,23). The Balaban J connectivity index is 1.75. The number of hydrogen-bond donors (Lipinski definition) is 3. The summed E-state index contributed by atoms with van der Waals surface area (Å²) in [4.78, 5) is 12.0. The summed E-state index contributed by atoms with van der Waals surface area (Å²) in [6, 6.07) is 11.2. The van der Waals surface area contributed by atoms with E-state index in [1.54, 1.807) is 24.3 Å². The first-order chi connectivity index (χ1) is 11.6. The second-order valence-electron chi connectivity index (χ2n) is 5.00. The molecule has 0 spiro atoms. The third-order valence-electron chi connectivity index (χ3n) is 3.37. The van der Waals surface area contributed by atoms with Gasteiger partial charge < -0.3 is 10.6 Å². The third kappa shape index (κ3) is 3.31. The quantitative estimate of drug-likeness (QED) is 0.593. The van der Waals surface area contributed by atoms with Gasteiger partial charge in [0.15, 0.2) is 10.8 Å². The highest BCUT2D eigenvalue weighted by Gasteiger charge is 2.26. The molecule has 3 rings (SSSR count). The van der Waals surface area contributed by atoms with Gasteiger partial charge in [0.2, 0.25) is 0 Å². The van der Waals surface area contributed by atoms with E-state index < -0.39 is 0 Å². The Morgan fingerprint density at radius 3 is 2.71 bits per heavy atom. The molecule has 1 aliphatic heterocycles. The van der Waals surface area contributed by atoms with E-state index in [0.717, 1.165) is 5.56 Å². The first-order valence-corrected chi connectivity index (χ1v) is 7.46. The largest absolute Gasteiger partial charge is 0.331 e. The topological polar surface area (TPSA) is 65.5 Å². The Bertz CT molecular complexity index is 861. The zero-order chi connectivity index (χ0) is 17.1. The molecule has 0 atom stereocenters. The molecule has 7 heteroatoms. The average molecular weight is 340 g/mol. The number of fused-ring (bicyclic) bond motifs is 1. The number of rotatable bonds is 3. The fraction of sp³-hybridized carbons (Fsp3) is 0. The number of halogens is 1. The van der Waals surface area contributed by atoms with Crippen LogP contribution in [0.3, 0.4) is 0 Å². The fourth-order valence-electron chi connectivity index (χ4n) is 2.21. The van der Waals surface area contributed by atoms with Gasteiger partial charge in [0.05, 0.1) is 5.69 Å². The van der Waals surface area contributed by atoms with E-state index in [-0.39, 0.29) is 22.5 Å². The Hall–Kier alpha value is -3.06. The lowest BCUT2D eigenvalue weighted by molar-refractivity contribution is -0.110. The number of benzene rings is 2. The van der Waals surface area contributed by atoms with Gasteiger partial charge in [-0.25, -0.2) is 4.39 Å². The van der Waals surface area contributed by atoms with Crippen LogP contribution in [-0.4, -0.2) is 16.7 Å². The zero-order valence-corrected chi connectivity index (χ0v) is 13.3. The number of carbonyl (C=O) groups is 1. The summed E-state index contributed by atoms with van der Waals surface area (Å²) in [5, 5.41) is 9.85. The van der Waals surface area contributed by atoms with Crippen molar-refractivity contribution in [1.82, 2.24) is 5.43 Å². The van der Waals surface area contributed by atoms with Gasteiger partial charge in [0, 0.05) is 11.3 Å². The lowest BCUT2D eigenvalue weighted by Gasteiger charge is -2.07. The van der Waals surface area contributed by atoms with Crippen molar-refractivity contribution in [2.45, 2.75) is 0 Å². The van der Waals surface area contributed by atoms with Crippen LogP contribution in [0.2, 0.25) is 0 Å². The van der Waals surface area contributed by atoms with Crippen LogP contribution in [0.1, 0.15) is 11.1 Å². The van der Waals surface area contributed by atoms with Crippen molar-refractivity contribution in [1.29, 1.82) is 0 Å². The normalized spacial score (nSPS) is 14.0. The summed E-state index contributed by atoms with van der Waals surface area (Å²) >= 11 is 5.12. The first-order valence-electron chi connectivity index (χ1n) is 7.05. The van der Waals surface area contributed by atoms with Crippen LogP contribution in [0.5, 0.6) is 0 Å². The molecule has 3 N–H and O–H groups in total. The predicted octanol–water partition coefficient (Wildman–Crippen LogP) is 3.11. The molecule has 0 unspecified atom stereocenters. The number of nitrogens with zero attached hydrogens (tertiary/aromatic N) is 1. The van der Waals surface area contributed by atoms with Crippen molar-refractivity contribution in [3.8, 4) is 0 Å². The Kier molecular flexibility index (Phi) is 4.35. The lowest BCUT2D eigenvalue weighted by atomic mass is 10.1. The predicted molar refractivity (Wildman–Crippen MR) is 97.5 cm³/mol. The van der Waals surface area contributed by atoms with Gasteiger partial charge in [-0.15, -0.1) is 0 Å². The lowest BCUT2D eigenvalue weighted by Crippen LogP contribution is -2.27. The van der Waals surface area contributed by atoms with Crippen LogP contribution in [0.4, 0.5) is 15.8 Å². The maximum atomic E-state index is 12.9. The smallest absolute Gasteiger partial charge is 0.276 e. The van der Waals surface area contributed by atoms with Crippen molar-refractivity contribution in [2.24, 2.45) is 5.10 Å². The van der Waals surface area contributed by atoms with Crippen LogP contribution >= 0.6 is 12.2 Å². The highest BCUT2D eigenvalue weighted by Crippen LogP contribution is 2.24. The molecular weight excluding hydrogens is 327 g/mol. The van der Waals surface area contributed by atoms with Crippen molar-refractivity contribution in [2.75, 3.05) is 10.6 Å². The van der Waals surface area contributed by atoms with E-state index in [1.165, 1.54) is 12.1 Å². The summed E-state index contributed by atoms with van der Waals surface area (Å²) in [5.74, 6) is -0.653. The molecule has 1 heterocycles. The molecule has 0 fully saturated rings. The highest BCUT2D eigenvalue weighted by atomic mass is 32.1. The van der Waals surface area contributed by atoms with E-state index in [1.807, 2.05) is 12.1 Å². The van der Waals surface area contributed by atoms with E-state index >= 15 is 0 Å². The second kappa shape index (κ2) is 6.59. The number of thiocarbonyl (C=S) groups is 1. The maximum Gasteiger partial charge on any atom is 0.276 e. The summed E-state index contributed by atoms with van der Waals surface area (Å²) in [6.45, 7) is 3.71. The number of hydrazone groups is 1. The number of amides is 1. The van der Waals surface area contributed by atoms with Crippen LogP contribution in [0, 0.1) is 5.82 Å². The highest BCUT2D eigenvalue weighted by molar-refractivity contribution is 7.80. The number of hydrogen-bond acceptors (Lipinski definition) is 3. The van der Waals surface area contributed by atoms with Gasteiger partial charge >= 0.3 is 0 Å². The Morgan fingerprint density at radius 2 is 2.00 bits per heavy atom. The van der Waals surface area contributed by atoms with Gasteiger partial charge in [0.1, 0.15) is 5.82 Å². The van der Waals surface area contributed by atoms with E-state index in [9.17, 15) is 9.18 Å². The Labute approximate surface area is 143 Å². The summed E-state index contributed by atoms with van der Waals surface area (Å²) < 4.78 is 12.9. The van der Waals surface area contributed by atoms with Gasteiger partial charge in [-0.1, -0.05) is 18.7 Å². The number of carbonyl (C=O) groups excluding carboxylic acids is 1. The molecule has 1 aliphatic rings. The fourth-order valence-corrected chi connectivity index (χ4v) is 2.37. The first kappa shape index (κ1) is 15.8. The van der Waals surface area contributed by atoms with E-state index in [2.05, 4.69) is 27.7 Å².